The molecule has 0 saturated carbocycles. The Hall–Kier alpha value is -0.780. The number of rotatable bonds is 6. The summed E-state index contributed by atoms with van der Waals surface area (Å²) in [7, 11) is 0. The molecule has 0 aliphatic carbocycles. The van der Waals surface area contributed by atoms with Gasteiger partial charge in [0.05, 0.1) is 0 Å². The van der Waals surface area contributed by atoms with Gasteiger partial charge in [0.15, 0.2) is 0 Å². The van der Waals surface area contributed by atoms with E-state index >= 15 is 0 Å². The molecule has 0 nitrogen and oxygen atoms in total. The molecule has 0 heteroatoms. The molecule has 0 amide bonds. The molecule has 0 atom stereocenters. The minimum absolute atomic E-state index is 0.892. The predicted octanol–water partition coefficient (Wildman–Crippen LogP) is 3.67. The zero-order valence-corrected chi connectivity index (χ0v) is 7.29. The maximum atomic E-state index is 5.20. The number of hydrogen-bond donors (Lipinski definition) is 0. The van der Waals surface area contributed by atoms with Gasteiger partial charge < -0.3 is 0 Å². The predicted molar refractivity (Wildman–Crippen MR) is 51.3 cm³/mol. The van der Waals surface area contributed by atoms with Gasteiger partial charge >= 0.3 is 0 Å². The van der Waals surface area contributed by atoms with E-state index in [2.05, 4.69) is 31.2 Å². The first-order valence-corrected chi connectivity index (χ1v) is 4.21. The summed E-state index contributed by atoms with van der Waals surface area (Å²) in [6, 6.07) is 0. The fourth-order valence-corrected chi connectivity index (χ4v) is 0.813. The molecular formula is C11H17. The molecule has 0 N–H and O–H groups in total. The van der Waals surface area contributed by atoms with Crippen molar-refractivity contribution in [1.29, 1.82) is 0 Å². The van der Waals surface area contributed by atoms with Crippen molar-refractivity contribution in [2.24, 2.45) is 0 Å². The van der Waals surface area contributed by atoms with Crippen LogP contribution in [0.3, 0.4) is 0 Å². The number of allylic oxidation sites excluding steroid dienone is 5. The van der Waals surface area contributed by atoms with E-state index in [1.165, 1.54) is 12.8 Å². The number of unbranched alkanes of at least 4 members (excludes halogenated alkanes) is 2. The average Bonchev–Trinajstić information content (AvgIpc) is 2.03. The average molecular weight is 149 g/mol. The van der Waals surface area contributed by atoms with E-state index in [9.17, 15) is 0 Å². The summed E-state index contributed by atoms with van der Waals surface area (Å²) < 4.78 is 0. The summed E-state index contributed by atoms with van der Waals surface area (Å²) in [4.78, 5) is 0. The van der Waals surface area contributed by atoms with Crippen molar-refractivity contribution >= 4 is 0 Å². The van der Waals surface area contributed by atoms with E-state index in [0.29, 0.717) is 0 Å². The van der Waals surface area contributed by atoms with Crippen molar-refractivity contribution in [3.05, 3.63) is 37.0 Å². The second-order valence-electron chi connectivity index (χ2n) is 2.44. The standard InChI is InChI=1S/C11H17/c1-3-5-7-9-11-10-8-6-4-2/h1,3-4,6-7,9H,5,8,10-11H2,2H3. The van der Waals surface area contributed by atoms with Crippen LogP contribution in [-0.4, -0.2) is 0 Å². The monoisotopic (exact) mass is 149 g/mol. The van der Waals surface area contributed by atoms with Crippen molar-refractivity contribution in [3.8, 4) is 0 Å². The molecule has 0 heterocycles. The summed E-state index contributed by atoms with van der Waals surface area (Å²) in [5.41, 5.74) is 0. The third-order valence-electron chi connectivity index (χ3n) is 1.42. The van der Waals surface area contributed by atoms with E-state index in [1.807, 2.05) is 0 Å². The SMILES string of the molecule is [CH]=CCC=CCCCC=CC. The Bertz CT molecular complexity index is 129. The van der Waals surface area contributed by atoms with Gasteiger partial charge in [-0.15, -0.1) is 0 Å². The van der Waals surface area contributed by atoms with Gasteiger partial charge in [-0.2, -0.15) is 0 Å². The van der Waals surface area contributed by atoms with Crippen molar-refractivity contribution < 1.29 is 0 Å². The smallest absolute Gasteiger partial charge is 0.0166 e. The van der Waals surface area contributed by atoms with Crippen molar-refractivity contribution in [1.82, 2.24) is 0 Å². The zero-order valence-electron chi connectivity index (χ0n) is 7.29. The van der Waals surface area contributed by atoms with Crippen LogP contribution in [0, 0.1) is 6.58 Å². The van der Waals surface area contributed by atoms with Crippen LogP contribution in [0.25, 0.3) is 0 Å². The van der Waals surface area contributed by atoms with Crippen LogP contribution in [0.4, 0.5) is 0 Å². The molecule has 0 aliphatic heterocycles. The highest BCUT2D eigenvalue weighted by Crippen LogP contribution is 1.98. The minimum atomic E-state index is 0.892. The Balaban J connectivity index is 3.06. The summed E-state index contributed by atoms with van der Waals surface area (Å²) in [5, 5.41) is 0. The van der Waals surface area contributed by atoms with Crippen molar-refractivity contribution in [2.75, 3.05) is 0 Å². The first-order valence-electron chi connectivity index (χ1n) is 4.21. The van der Waals surface area contributed by atoms with Crippen molar-refractivity contribution in [3.63, 3.8) is 0 Å². The Morgan fingerprint density at radius 2 is 1.82 bits per heavy atom. The molecule has 61 valence electrons. The summed E-state index contributed by atoms with van der Waals surface area (Å²) in [6.07, 6.45) is 14.7. The highest BCUT2D eigenvalue weighted by molar-refractivity contribution is 4.88. The summed E-state index contributed by atoms with van der Waals surface area (Å²) in [5.74, 6) is 0. The van der Waals surface area contributed by atoms with Gasteiger partial charge in [-0.1, -0.05) is 37.0 Å². The quantitative estimate of drug-likeness (QED) is 0.399. The Morgan fingerprint density at radius 1 is 1.09 bits per heavy atom. The van der Waals surface area contributed by atoms with Gasteiger partial charge in [0.1, 0.15) is 0 Å². The Kier molecular flexibility index (Phi) is 8.57. The van der Waals surface area contributed by atoms with Crippen LogP contribution in [0.2, 0.25) is 0 Å². The molecule has 0 aromatic heterocycles. The van der Waals surface area contributed by atoms with Gasteiger partial charge in [0.2, 0.25) is 0 Å². The first kappa shape index (κ1) is 10.2. The van der Waals surface area contributed by atoms with Crippen LogP contribution in [-0.2, 0) is 0 Å². The van der Waals surface area contributed by atoms with Crippen LogP contribution < -0.4 is 0 Å². The molecule has 0 saturated heterocycles. The lowest BCUT2D eigenvalue weighted by Crippen LogP contribution is -1.68. The molecule has 0 rings (SSSR count). The topological polar surface area (TPSA) is 0 Å². The molecule has 0 aromatic carbocycles. The van der Waals surface area contributed by atoms with E-state index in [1.54, 1.807) is 6.08 Å². The molecule has 0 bridgehead atoms. The molecule has 11 heavy (non-hydrogen) atoms. The lowest BCUT2D eigenvalue weighted by Gasteiger charge is -1.88. The Morgan fingerprint density at radius 3 is 2.45 bits per heavy atom. The lowest BCUT2D eigenvalue weighted by molar-refractivity contribution is 0.865. The molecule has 0 fully saturated rings. The van der Waals surface area contributed by atoms with Gasteiger partial charge in [-0.3, -0.25) is 0 Å². The largest absolute Gasteiger partial charge is 0.0917 e. The molecule has 0 aliphatic rings. The molecule has 0 spiro atoms. The highest BCUT2D eigenvalue weighted by atomic mass is 13.8. The normalized spacial score (nSPS) is 11.4. The van der Waals surface area contributed by atoms with Crippen LogP contribution in [0.5, 0.6) is 0 Å². The number of hydrogen-bond acceptors (Lipinski definition) is 0. The summed E-state index contributed by atoms with van der Waals surface area (Å²) in [6.45, 7) is 7.26. The fourth-order valence-electron chi connectivity index (χ4n) is 0.813. The maximum absolute atomic E-state index is 5.20. The van der Waals surface area contributed by atoms with Gasteiger partial charge in [0, 0.05) is 0 Å². The van der Waals surface area contributed by atoms with Crippen LogP contribution in [0.15, 0.2) is 30.4 Å². The summed E-state index contributed by atoms with van der Waals surface area (Å²) >= 11 is 0. The van der Waals surface area contributed by atoms with Crippen molar-refractivity contribution in [2.45, 2.75) is 32.6 Å². The van der Waals surface area contributed by atoms with Gasteiger partial charge in [-0.25, -0.2) is 0 Å². The zero-order chi connectivity index (χ0) is 8.36. The molecule has 1 radical (unpaired) electrons. The second-order valence-corrected chi connectivity index (χ2v) is 2.44. The molecular weight excluding hydrogens is 132 g/mol. The molecule has 0 unspecified atom stereocenters. The van der Waals surface area contributed by atoms with Crippen LogP contribution in [0.1, 0.15) is 32.6 Å². The maximum Gasteiger partial charge on any atom is -0.0166 e. The van der Waals surface area contributed by atoms with Crippen LogP contribution >= 0.6 is 0 Å². The van der Waals surface area contributed by atoms with Gasteiger partial charge in [0.25, 0.3) is 0 Å². The van der Waals surface area contributed by atoms with E-state index in [-0.39, 0.29) is 0 Å². The minimum Gasteiger partial charge on any atom is -0.0917 e. The van der Waals surface area contributed by atoms with E-state index < -0.39 is 0 Å². The third-order valence-corrected chi connectivity index (χ3v) is 1.42. The van der Waals surface area contributed by atoms with E-state index in [4.69, 9.17) is 6.58 Å². The lowest BCUT2D eigenvalue weighted by atomic mass is 10.2. The third kappa shape index (κ3) is 9.22. The molecule has 0 aromatic rings. The fraction of sp³-hybridized carbons (Fsp3) is 0.455. The van der Waals surface area contributed by atoms with Gasteiger partial charge in [-0.05, 0) is 32.6 Å². The Labute approximate surface area is 70.3 Å². The van der Waals surface area contributed by atoms with E-state index in [0.717, 1.165) is 12.8 Å². The highest BCUT2D eigenvalue weighted by Gasteiger charge is 1.78. The first-order chi connectivity index (χ1) is 5.41. The second kappa shape index (κ2) is 9.22.